The van der Waals surface area contributed by atoms with Gasteiger partial charge >= 0.3 is 0 Å². The standard InChI is InChI=1S/C6H11N3S/c1-8-6(7)3-4-9(2)5-10/h3-5H,1-2H3,(H2,7,8)/b4-3-. The number of nitrogens with zero attached hydrogens (tertiary/aromatic N) is 2. The van der Waals surface area contributed by atoms with Gasteiger partial charge in [0, 0.05) is 20.3 Å². The molecule has 4 heteroatoms. The molecule has 0 rings (SSSR count). The molecule has 0 bridgehead atoms. The van der Waals surface area contributed by atoms with Crippen molar-refractivity contribution in [3.8, 4) is 0 Å². The summed E-state index contributed by atoms with van der Waals surface area (Å²) in [5.41, 5.74) is 6.88. The van der Waals surface area contributed by atoms with Gasteiger partial charge in [-0.1, -0.05) is 12.2 Å². The molecule has 0 aliphatic heterocycles. The highest BCUT2D eigenvalue weighted by atomic mass is 32.1. The second-order valence-corrected chi connectivity index (χ2v) is 1.95. The van der Waals surface area contributed by atoms with Gasteiger partial charge in [0.1, 0.15) is 5.84 Å². The zero-order chi connectivity index (χ0) is 7.98. The van der Waals surface area contributed by atoms with Crippen LogP contribution in [0.5, 0.6) is 0 Å². The molecule has 0 fully saturated rings. The van der Waals surface area contributed by atoms with E-state index >= 15 is 0 Å². The Morgan fingerprint density at radius 3 is 2.70 bits per heavy atom. The maximum absolute atomic E-state index is 5.36. The van der Waals surface area contributed by atoms with Crippen LogP contribution in [0.4, 0.5) is 0 Å². The summed E-state index contributed by atoms with van der Waals surface area (Å²) in [6.45, 7) is 0. The molecule has 56 valence electrons. The van der Waals surface area contributed by atoms with Crippen LogP contribution in [0.1, 0.15) is 0 Å². The number of hydrogen-bond acceptors (Lipinski definition) is 2. The van der Waals surface area contributed by atoms with Gasteiger partial charge in [-0.15, -0.1) is 0 Å². The first-order valence-electron chi connectivity index (χ1n) is 2.78. The van der Waals surface area contributed by atoms with Crippen LogP contribution in [0.2, 0.25) is 0 Å². The average molecular weight is 157 g/mol. The highest BCUT2D eigenvalue weighted by molar-refractivity contribution is 7.78. The van der Waals surface area contributed by atoms with Crippen LogP contribution in [0.3, 0.4) is 0 Å². The van der Waals surface area contributed by atoms with Gasteiger partial charge in [-0.2, -0.15) is 0 Å². The fraction of sp³-hybridized carbons (Fsp3) is 0.333. The number of aliphatic imine (C=N–C) groups is 1. The molecule has 0 aromatic rings. The van der Waals surface area contributed by atoms with E-state index in [0.717, 1.165) is 0 Å². The van der Waals surface area contributed by atoms with E-state index in [4.69, 9.17) is 5.73 Å². The largest absolute Gasteiger partial charge is 0.384 e. The average Bonchev–Trinajstić information content (AvgIpc) is 1.99. The Balaban J connectivity index is 3.86. The van der Waals surface area contributed by atoms with Crippen molar-refractivity contribution < 1.29 is 0 Å². The van der Waals surface area contributed by atoms with Crippen LogP contribution < -0.4 is 5.73 Å². The molecule has 0 unspecified atom stereocenters. The summed E-state index contributed by atoms with van der Waals surface area (Å²) >= 11 is 4.63. The van der Waals surface area contributed by atoms with Crippen LogP contribution in [0.25, 0.3) is 0 Å². The highest BCUT2D eigenvalue weighted by Gasteiger charge is 1.81. The van der Waals surface area contributed by atoms with Crippen LogP contribution in [0.15, 0.2) is 17.3 Å². The van der Waals surface area contributed by atoms with Gasteiger partial charge < -0.3 is 10.6 Å². The molecule has 0 aromatic carbocycles. The molecule has 2 N–H and O–H groups in total. The van der Waals surface area contributed by atoms with Crippen LogP contribution in [0, 0.1) is 0 Å². The second kappa shape index (κ2) is 4.93. The molecule has 0 aliphatic rings. The molecule has 0 aliphatic carbocycles. The molecule has 0 spiro atoms. The van der Waals surface area contributed by atoms with Gasteiger partial charge in [0.15, 0.2) is 0 Å². The Bertz CT molecular complexity index is 162. The number of thiocarbonyl (C=S) groups is 1. The van der Waals surface area contributed by atoms with Crippen molar-refractivity contribution in [2.75, 3.05) is 14.1 Å². The summed E-state index contributed by atoms with van der Waals surface area (Å²) in [7, 11) is 3.46. The molecule has 0 amide bonds. The fourth-order valence-electron chi connectivity index (χ4n) is 0.304. The van der Waals surface area contributed by atoms with Gasteiger partial charge in [-0.3, -0.25) is 4.99 Å². The second-order valence-electron chi connectivity index (χ2n) is 1.74. The van der Waals surface area contributed by atoms with Gasteiger partial charge in [0.05, 0.1) is 5.49 Å². The van der Waals surface area contributed by atoms with Gasteiger partial charge in [-0.25, -0.2) is 0 Å². The summed E-state index contributed by atoms with van der Waals surface area (Å²) in [6.07, 6.45) is 3.43. The van der Waals surface area contributed by atoms with Gasteiger partial charge in [-0.05, 0) is 6.08 Å². The topological polar surface area (TPSA) is 41.6 Å². The molecule has 10 heavy (non-hydrogen) atoms. The maximum atomic E-state index is 5.36. The molecule has 0 saturated carbocycles. The number of rotatable bonds is 3. The van der Waals surface area contributed by atoms with E-state index in [9.17, 15) is 0 Å². The summed E-state index contributed by atoms with van der Waals surface area (Å²) in [5, 5.41) is 0. The molecular formula is C6H11N3S. The third-order valence-electron chi connectivity index (χ3n) is 0.905. The Kier molecular flexibility index (Phi) is 4.49. The Morgan fingerprint density at radius 2 is 2.30 bits per heavy atom. The summed E-state index contributed by atoms with van der Waals surface area (Å²) in [5.74, 6) is 0.490. The van der Waals surface area contributed by atoms with Gasteiger partial charge in [0.25, 0.3) is 0 Å². The van der Waals surface area contributed by atoms with E-state index in [2.05, 4.69) is 17.2 Å². The summed E-state index contributed by atoms with van der Waals surface area (Å²) in [6, 6.07) is 0. The predicted molar refractivity (Wildman–Crippen MR) is 48.1 cm³/mol. The Morgan fingerprint density at radius 1 is 1.70 bits per heavy atom. The minimum Gasteiger partial charge on any atom is -0.384 e. The number of amidine groups is 1. The third kappa shape index (κ3) is 4.03. The Hall–Kier alpha value is -0.900. The monoisotopic (exact) mass is 157 g/mol. The first-order valence-corrected chi connectivity index (χ1v) is 3.25. The van der Waals surface area contributed by atoms with Crippen LogP contribution in [-0.2, 0) is 0 Å². The third-order valence-corrected chi connectivity index (χ3v) is 1.24. The van der Waals surface area contributed by atoms with Crippen LogP contribution >= 0.6 is 12.2 Å². The number of nitrogens with two attached hydrogens (primary N) is 1. The number of hydrogen-bond donors (Lipinski definition) is 1. The quantitative estimate of drug-likeness (QED) is 0.366. The molecule has 3 nitrogen and oxygen atoms in total. The summed E-state index contributed by atoms with van der Waals surface area (Å²) in [4.78, 5) is 5.44. The smallest absolute Gasteiger partial charge is 0.119 e. The minimum absolute atomic E-state index is 0.490. The lowest BCUT2D eigenvalue weighted by molar-refractivity contribution is 0.723. The lowest BCUT2D eigenvalue weighted by Crippen LogP contribution is -2.11. The zero-order valence-corrected chi connectivity index (χ0v) is 6.93. The SMILES string of the molecule is CN=C(N)/C=C\N(C)C=S. The molecule has 0 atom stereocenters. The Labute approximate surface area is 66.2 Å². The molecule has 0 aromatic heterocycles. The van der Waals surface area contributed by atoms with Crippen molar-refractivity contribution in [3.63, 3.8) is 0 Å². The highest BCUT2D eigenvalue weighted by Crippen LogP contribution is 1.79. The lowest BCUT2D eigenvalue weighted by Gasteiger charge is -2.02. The van der Waals surface area contributed by atoms with Gasteiger partial charge in [0.2, 0.25) is 0 Å². The molecule has 0 saturated heterocycles. The zero-order valence-electron chi connectivity index (χ0n) is 6.11. The van der Waals surface area contributed by atoms with Crippen molar-refractivity contribution >= 4 is 23.5 Å². The van der Waals surface area contributed by atoms with Crippen molar-refractivity contribution in [3.05, 3.63) is 12.3 Å². The minimum atomic E-state index is 0.490. The van der Waals surface area contributed by atoms with E-state index in [0.29, 0.717) is 5.84 Å². The normalized spacial score (nSPS) is 12.0. The van der Waals surface area contributed by atoms with E-state index in [-0.39, 0.29) is 0 Å². The fourth-order valence-corrected chi connectivity index (χ4v) is 0.374. The molecular weight excluding hydrogens is 146 g/mol. The first-order chi connectivity index (χ1) is 4.70. The lowest BCUT2D eigenvalue weighted by atomic mass is 10.5. The maximum Gasteiger partial charge on any atom is 0.119 e. The first kappa shape index (κ1) is 9.10. The van der Waals surface area contributed by atoms with Crippen molar-refractivity contribution in [1.82, 2.24) is 4.90 Å². The predicted octanol–water partition coefficient (Wildman–Crippen LogP) is 0.376. The van der Waals surface area contributed by atoms with E-state index in [1.165, 1.54) is 5.49 Å². The van der Waals surface area contributed by atoms with Crippen molar-refractivity contribution in [2.24, 2.45) is 10.7 Å². The van der Waals surface area contributed by atoms with Crippen molar-refractivity contribution in [1.29, 1.82) is 0 Å². The molecule has 0 heterocycles. The molecule has 0 radical (unpaired) electrons. The van der Waals surface area contributed by atoms with Crippen LogP contribution in [-0.4, -0.2) is 30.3 Å². The van der Waals surface area contributed by atoms with E-state index < -0.39 is 0 Å². The summed E-state index contributed by atoms with van der Waals surface area (Å²) < 4.78 is 0. The van der Waals surface area contributed by atoms with E-state index in [1.54, 1.807) is 24.2 Å². The van der Waals surface area contributed by atoms with Crippen molar-refractivity contribution in [2.45, 2.75) is 0 Å². The van der Waals surface area contributed by atoms with E-state index in [1.807, 2.05) is 7.05 Å².